The second-order valence-electron chi connectivity index (χ2n) is 3.42. The Morgan fingerprint density at radius 1 is 1.57 bits per heavy atom. The molecule has 6 heteroatoms. The van der Waals surface area contributed by atoms with Crippen molar-refractivity contribution >= 4 is 11.0 Å². The van der Waals surface area contributed by atoms with E-state index in [-0.39, 0.29) is 6.04 Å². The molecule has 0 aliphatic heterocycles. The SMILES string of the molecule is CC(O)c1cc(S(N)=O)nn1C(C)C. The summed E-state index contributed by atoms with van der Waals surface area (Å²) in [6.07, 6.45) is -0.637. The van der Waals surface area contributed by atoms with E-state index in [9.17, 15) is 9.32 Å². The van der Waals surface area contributed by atoms with Crippen molar-refractivity contribution in [2.45, 2.75) is 37.9 Å². The van der Waals surface area contributed by atoms with Crippen LogP contribution in [0, 0.1) is 0 Å². The molecule has 0 fully saturated rings. The van der Waals surface area contributed by atoms with Gasteiger partial charge in [0.25, 0.3) is 0 Å². The van der Waals surface area contributed by atoms with Crippen molar-refractivity contribution in [2.75, 3.05) is 0 Å². The van der Waals surface area contributed by atoms with E-state index in [0.717, 1.165) is 0 Å². The molecule has 2 unspecified atom stereocenters. The molecule has 0 aromatic carbocycles. The maximum Gasteiger partial charge on any atom is 0.164 e. The smallest absolute Gasteiger partial charge is 0.164 e. The summed E-state index contributed by atoms with van der Waals surface area (Å²) in [5, 5.41) is 19.0. The van der Waals surface area contributed by atoms with Crippen molar-refractivity contribution in [3.63, 3.8) is 0 Å². The summed E-state index contributed by atoms with van der Waals surface area (Å²) in [4.78, 5) is 0. The summed E-state index contributed by atoms with van der Waals surface area (Å²) in [5.41, 5.74) is 0.633. The van der Waals surface area contributed by atoms with Gasteiger partial charge in [0.1, 0.15) is 11.0 Å². The van der Waals surface area contributed by atoms with Gasteiger partial charge in [-0.1, -0.05) is 0 Å². The van der Waals surface area contributed by atoms with E-state index in [4.69, 9.17) is 5.14 Å². The van der Waals surface area contributed by atoms with E-state index < -0.39 is 17.1 Å². The quantitative estimate of drug-likeness (QED) is 0.773. The van der Waals surface area contributed by atoms with Gasteiger partial charge in [0, 0.05) is 6.04 Å². The van der Waals surface area contributed by atoms with Crippen molar-refractivity contribution in [3.8, 4) is 0 Å². The van der Waals surface area contributed by atoms with Gasteiger partial charge in [-0.2, -0.15) is 5.10 Å². The molecule has 0 spiro atoms. The van der Waals surface area contributed by atoms with E-state index >= 15 is 0 Å². The number of nitrogens with two attached hydrogens (primary N) is 1. The predicted octanol–water partition coefficient (Wildman–Crippen LogP) is 0.499. The number of nitrogens with zero attached hydrogens (tertiary/aromatic N) is 2. The number of hydrogen-bond donors (Lipinski definition) is 2. The fourth-order valence-corrected chi connectivity index (χ4v) is 1.61. The third-order valence-electron chi connectivity index (χ3n) is 1.87. The molecule has 1 heterocycles. The van der Waals surface area contributed by atoms with Crippen LogP contribution in [0.1, 0.15) is 38.6 Å². The van der Waals surface area contributed by atoms with Gasteiger partial charge in [0.05, 0.1) is 11.8 Å². The van der Waals surface area contributed by atoms with E-state index in [1.165, 1.54) is 0 Å². The Kier molecular flexibility index (Phi) is 3.41. The molecule has 3 N–H and O–H groups in total. The molecule has 14 heavy (non-hydrogen) atoms. The lowest BCUT2D eigenvalue weighted by Gasteiger charge is -2.11. The number of aromatic nitrogens is 2. The Bertz CT molecular complexity index is 321. The summed E-state index contributed by atoms with van der Waals surface area (Å²) < 4.78 is 12.6. The van der Waals surface area contributed by atoms with Crippen LogP contribution >= 0.6 is 0 Å². The van der Waals surface area contributed by atoms with Crippen molar-refractivity contribution in [3.05, 3.63) is 11.8 Å². The Morgan fingerprint density at radius 3 is 2.43 bits per heavy atom. The lowest BCUT2D eigenvalue weighted by Crippen LogP contribution is -2.10. The van der Waals surface area contributed by atoms with Gasteiger partial charge in [-0.3, -0.25) is 4.68 Å². The second-order valence-corrected chi connectivity index (χ2v) is 4.43. The first-order valence-corrected chi connectivity index (χ1v) is 5.58. The Morgan fingerprint density at radius 2 is 2.14 bits per heavy atom. The number of aliphatic hydroxyl groups is 1. The van der Waals surface area contributed by atoms with Crippen LogP contribution in [0.3, 0.4) is 0 Å². The summed E-state index contributed by atoms with van der Waals surface area (Å²) in [6.45, 7) is 5.50. The molecule has 0 radical (unpaired) electrons. The highest BCUT2D eigenvalue weighted by molar-refractivity contribution is 7.82. The van der Waals surface area contributed by atoms with Gasteiger partial charge in [-0.05, 0) is 26.8 Å². The highest BCUT2D eigenvalue weighted by atomic mass is 32.2. The van der Waals surface area contributed by atoms with Gasteiger partial charge in [-0.15, -0.1) is 0 Å². The third kappa shape index (κ3) is 2.20. The summed E-state index contributed by atoms with van der Waals surface area (Å²) in [5.74, 6) is 0. The van der Waals surface area contributed by atoms with E-state index in [0.29, 0.717) is 10.7 Å². The number of rotatable bonds is 3. The second kappa shape index (κ2) is 4.20. The highest BCUT2D eigenvalue weighted by Gasteiger charge is 2.16. The van der Waals surface area contributed by atoms with Crippen LogP contribution < -0.4 is 5.14 Å². The lowest BCUT2D eigenvalue weighted by atomic mass is 10.2. The van der Waals surface area contributed by atoms with E-state index in [1.54, 1.807) is 17.7 Å². The van der Waals surface area contributed by atoms with Gasteiger partial charge >= 0.3 is 0 Å². The molecule has 5 nitrogen and oxygen atoms in total. The maximum atomic E-state index is 11.0. The third-order valence-corrected chi connectivity index (χ3v) is 2.48. The van der Waals surface area contributed by atoms with Crippen LogP contribution in [0.25, 0.3) is 0 Å². The minimum Gasteiger partial charge on any atom is -0.387 e. The van der Waals surface area contributed by atoms with Crippen LogP contribution in [0.5, 0.6) is 0 Å². The molecule has 1 rings (SSSR count). The largest absolute Gasteiger partial charge is 0.387 e. The highest BCUT2D eigenvalue weighted by Crippen LogP contribution is 2.18. The topological polar surface area (TPSA) is 81.1 Å². The van der Waals surface area contributed by atoms with Gasteiger partial charge in [-0.25, -0.2) is 9.35 Å². The standard InChI is InChI=1S/C8H15N3O2S/c1-5(2)11-7(6(3)12)4-8(10-11)14(9)13/h4-6,12H,9H2,1-3H3. The van der Waals surface area contributed by atoms with Crippen molar-refractivity contribution in [1.82, 2.24) is 9.78 Å². The average Bonchev–Trinajstić information content (AvgIpc) is 2.47. The van der Waals surface area contributed by atoms with E-state index in [1.807, 2.05) is 13.8 Å². The molecule has 0 saturated heterocycles. The van der Waals surface area contributed by atoms with Gasteiger partial charge in [0.2, 0.25) is 0 Å². The Hall–Kier alpha value is -0.720. The van der Waals surface area contributed by atoms with Crippen LogP contribution in [0.15, 0.2) is 11.1 Å². The molecule has 1 aromatic rings. The minimum absolute atomic E-state index is 0.108. The van der Waals surface area contributed by atoms with Crippen molar-refractivity contribution in [1.29, 1.82) is 0 Å². The number of hydrogen-bond acceptors (Lipinski definition) is 3. The fraction of sp³-hybridized carbons (Fsp3) is 0.625. The van der Waals surface area contributed by atoms with Crippen molar-refractivity contribution < 1.29 is 9.32 Å². The molecule has 1 aromatic heterocycles. The molecule has 0 amide bonds. The first-order valence-electron chi connectivity index (χ1n) is 4.37. The van der Waals surface area contributed by atoms with Crippen LogP contribution in [0.4, 0.5) is 0 Å². The number of aliphatic hydroxyl groups excluding tert-OH is 1. The zero-order valence-corrected chi connectivity index (χ0v) is 9.28. The monoisotopic (exact) mass is 217 g/mol. The Labute approximate surface area is 85.5 Å². The Balaban J connectivity index is 3.19. The van der Waals surface area contributed by atoms with Gasteiger partial charge < -0.3 is 5.11 Å². The molecule has 2 atom stereocenters. The molecule has 0 saturated carbocycles. The first kappa shape index (κ1) is 11.4. The minimum atomic E-state index is -1.59. The molecule has 80 valence electrons. The summed E-state index contributed by atoms with van der Waals surface area (Å²) >= 11 is 0. The average molecular weight is 217 g/mol. The van der Waals surface area contributed by atoms with Crippen LogP contribution in [-0.2, 0) is 11.0 Å². The van der Waals surface area contributed by atoms with E-state index in [2.05, 4.69) is 5.10 Å². The molecule has 0 aliphatic carbocycles. The van der Waals surface area contributed by atoms with Crippen LogP contribution in [-0.4, -0.2) is 19.1 Å². The maximum absolute atomic E-state index is 11.0. The van der Waals surface area contributed by atoms with Crippen LogP contribution in [0.2, 0.25) is 0 Å². The lowest BCUT2D eigenvalue weighted by molar-refractivity contribution is 0.184. The zero-order chi connectivity index (χ0) is 10.9. The molecular formula is C8H15N3O2S. The first-order chi connectivity index (χ1) is 6.43. The predicted molar refractivity (Wildman–Crippen MR) is 53.8 cm³/mol. The van der Waals surface area contributed by atoms with Crippen molar-refractivity contribution in [2.24, 2.45) is 5.14 Å². The van der Waals surface area contributed by atoms with Gasteiger partial charge in [0.15, 0.2) is 5.03 Å². The fourth-order valence-electron chi connectivity index (χ4n) is 1.21. The summed E-state index contributed by atoms with van der Waals surface area (Å²) in [7, 11) is -1.59. The summed E-state index contributed by atoms with van der Waals surface area (Å²) in [6, 6.07) is 1.68. The normalized spacial score (nSPS) is 15.9. The zero-order valence-electron chi connectivity index (χ0n) is 8.47. The molecular weight excluding hydrogens is 202 g/mol. The molecule has 0 aliphatic rings. The molecule has 0 bridgehead atoms.